The van der Waals surface area contributed by atoms with Crippen molar-refractivity contribution < 1.29 is 0 Å². The summed E-state index contributed by atoms with van der Waals surface area (Å²) in [6.07, 6.45) is 8.70. The predicted molar refractivity (Wildman–Crippen MR) is 79.7 cm³/mol. The van der Waals surface area contributed by atoms with E-state index in [0.29, 0.717) is 6.04 Å². The van der Waals surface area contributed by atoms with Crippen LogP contribution in [0.5, 0.6) is 0 Å². The second-order valence-electron chi connectivity index (χ2n) is 5.44. The zero-order valence-corrected chi connectivity index (χ0v) is 11.7. The molecule has 0 amide bonds. The van der Waals surface area contributed by atoms with E-state index in [1.807, 2.05) is 0 Å². The van der Waals surface area contributed by atoms with Crippen LogP contribution in [0, 0.1) is 0 Å². The van der Waals surface area contributed by atoms with Crippen LogP contribution in [-0.2, 0) is 6.42 Å². The van der Waals surface area contributed by atoms with Gasteiger partial charge in [-0.1, -0.05) is 49.3 Å². The van der Waals surface area contributed by atoms with Crippen molar-refractivity contribution in [2.24, 2.45) is 0 Å². The minimum atomic E-state index is 0.699. The quantitative estimate of drug-likeness (QED) is 0.836. The molecule has 2 rings (SSSR count). The van der Waals surface area contributed by atoms with Crippen LogP contribution in [0.15, 0.2) is 29.8 Å². The molecule has 1 unspecified atom stereocenters. The zero-order valence-electron chi connectivity index (χ0n) is 11.7. The van der Waals surface area contributed by atoms with Crippen LogP contribution in [0.1, 0.15) is 50.7 Å². The van der Waals surface area contributed by atoms with Crippen molar-refractivity contribution in [3.8, 4) is 0 Å². The molecule has 0 bridgehead atoms. The number of hydrogen-bond donors (Lipinski definition) is 1. The second-order valence-corrected chi connectivity index (χ2v) is 5.44. The Balaban J connectivity index is 1.93. The van der Waals surface area contributed by atoms with Gasteiger partial charge in [0.1, 0.15) is 0 Å². The van der Waals surface area contributed by atoms with Crippen molar-refractivity contribution in [2.75, 3.05) is 6.54 Å². The van der Waals surface area contributed by atoms with Gasteiger partial charge in [-0.3, -0.25) is 0 Å². The molecule has 0 spiro atoms. The third-order valence-corrected chi connectivity index (χ3v) is 3.78. The molecule has 1 N–H and O–H groups in total. The van der Waals surface area contributed by atoms with E-state index in [2.05, 4.69) is 49.5 Å². The summed E-state index contributed by atoms with van der Waals surface area (Å²) >= 11 is 0. The first-order valence-corrected chi connectivity index (χ1v) is 7.27. The van der Waals surface area contributed by atoms with Crippen molar-refractivity contribution in [2.45, 2.75) is 52.0 Å². The van der Waals surface area contributed by atoms with Crippen molar-refractivity contribution >= 4 is 6.08 Å². The topological polar surface area (TPSA) is 12.0 Å². The number of piperidine rings is 1. The standard InChI is InChI=1S/C17H25N/c1-3-15-7-9-16(10-8-15)12-14(2)13-17-6-4-5-11-18-17/h7-10,12,17-18H,3-6,11,13H2,1-2H3/b14-12-. The molecule has 0 radical (unpaired) electrons. The lowest BCUT2D eigenvalue weighted by Crippen LogP contribution is -2.33. The summed E-state index contributed by atoms with van der Waals surface area (Å²) in [6, 6.07) is 9.63. The third kappa shape index (κ3) is 3.99. The number of hydrogen-bond acceptors (Lipinski definition) is 1. The highest BCUT2D eigenvalue weighted by Crippen LogP contribution is 2.17. The predicted octanol–water partition coefficient (Wildman–Crippen LogP) is 4.18. The first kappa shape index (κ1) is 13.4. The maximum Gasteiger partial charge on any atom is 0.0104 e. The molecule has 1 nitrogen and oxygen atoms in total. The fourth-order valence-electron chi connectivity index (χ4n) is 2.68. The molecule has 98 valence electrons. The lowest BCUT2D eigenvalue weighted by Gasteiger charge is -2.23. The Morgan fingerprint density at radius 2 is 2.06 bits per heavy atom. The van der Waals surface area contributed by atoms with Gasteiger partial charge >= 0.3 is 0 Å². The molecule has 0 saturated carbocycles. The van der Waals surface area contributed by atoms with Gasteiger partial charge in [-0.25, -0.2) is 0 Å². The van der Waals surface area contributed by atoms with Crippen molar-refractivity contribution in [1.82, 2.24) is 5.32 Å². The highest BCUT2D eigenvalue weighted by atomic mass is 14.9. The van der Waals surface area contributed by atoms with Gasteiger partial charge in [0.2, 0.25) is 0 Å². The number of benzene rings is 1. The molecule has 18 heavy (non-hydrogen) atoms. The zero-order chi connectivity index (χ0) is 12.8. The van der Waals surface area contributed by atoms with Crippen molar-refractivity contribution in [3.63, 3.8) is 0 Å². The Hall–Kier alpha value is -1.08. The van der Waals surface area contributed by atoms with Gasteiger partial charge in [-0.2, -0.15) is 0 Å². The first-order valence-electron chi connectivity index (χ1n) is 7.27. The van der Waals surface area contributed by atoms with Gasteiger partial charge in [0.25, 0.3) is 0 Å². The largest absolute Gasteiger partial charge is 0.314 e. The summed E-state index contributed by atoms with van der Waals surface area (Å²) in [4.78, 5) is 0. The van der Waals surface area contributed by atoms with E-state index in [0.717, 1.165) is 6.42 Å². The Bertz CT molecular complexity index is 383. The van der Waals surface area contributed by atoms with Gasteiger partial charge in [0, 0.05) is 6.04 Å². The molecule has 1 aromatic rings. The lowest BCUT2D eigenvalue weighted by molar-refractivity contribution is 0.399. The van der Waals surface area contributed by atoms with E-state index in [4.69, 9.17) is 0 Å². The molecule has 1 aliphatic heterocycles. The van der Waals surface area contributed by atoms with Crippen LogP contribution < -0.4 is 5.32 Å². The molecule has 1 saturated heterocycles. The molecule has 1 fully saturated rings. The third-order valence-electron chi connectivity index (χ3n) is 3.78. The summed E-state index contributed by atoms with van der Waals surface area (Å²) in [5, 5.41) is 3.61. The number of aryl methyl sites for hydroxylation is 1. The molecule has 0 aliphatic carbocycles. The minimum absolute atomic E-state index is 0.699. The Labute approximate surface area is 111 Å². The summed E-state index contributed by atoms with van der Waals surface area (Å²) in [7, 11) is 0. The maximum absolute atomic E-state index is 3.61. The lowest BCUT2D eigenvalue weighted by atomic mass is 9.97. The molecule has 1 aliphatic rings. The van der Waals surface area contributed by atoms with E-state index < -0.39 is 0 Å². The molecule has 1 heteroatoms. The summed E-state index contributed by atoms with van der Waals surface area (Å²) in [5.41, 5.74) is 4.23. The van der Waals surface area contributed by atoms with Gasteiger partial charge in [0.15, 0.2) is 0 Å². The van der Waals surface area contributed by atoms with Crippen LogP contribution in [0.2, 0.25) is 0 Å². The van der Waals surface area contributed by atoms with E-state index in [1.165, 1.54) is 48.9 Å². The van der Waals surface area contributed by atoms with Crippen molar-refractivity contribution in [3.05, 3.63) is 41.0 Å². The van der Waals surface area contributed by atoms with Crippen LogP contribution in [0.25, 0.3) is 6.08 Å². The fraction of sp³-hybridized carbons (Fsp3) is 0.529. The minimum Gasteiger partial charge on any atom is -0.314 e. The normalized spacial score (nSPS) is 21.0. The Morgan fingerprint density at radius 3 is 2.67 bits per heavy atom. The summed E-state index contributed by atoms with van der Waals surface area (Å²) in [5.74, 6) is 0. The van der Waals surface area contributed by atoms with Gasteiger partial charge in [-0.15, -0.1) is 0 Å². The van der Waals surface area contributed by atoms with Gasteiger partial charge in [0.05, 0.1) is 0 Å². The summed E-state index contributed by atoms with van der Waals surface area (Å²) < 4.78 is 0. The Morgan fingerprint density at radius 1 is 1.28 bits per heavy atom. The monoisotopic (exact) mass is 243 g/mol. The molecular weight excluding hydrogens is 218 g/mol. The van der Waals surface area contributed by atoms with E-state index in [1.54, 1.807) is 0 Å². The van der Waals surface area contributed by atoms with Crippen molar-refractivity contribution in [1.29, 1.82) is 0 Å². The average molecular weight is 243 g/mol. The fourth-order valence-corrected chi connectivity index (χ4v) is 2.68. The number of nitrogens with one attached hydrogen (secondary N) is 1. The van der Waals surface area contributed by atoms with Gasteiger partial charge < -0.3 is 5.32 Å². The molecule has 1 heterocycles. The van der Waals surface area contributed by atoms with Crippen LogP contribution in [0.4, 0.5) is 0 Å². The average Bonchev–Trinajstić information content (AvgIpc) is 2.40. The van der Waals surface area contributed by atoms with E-state index in [-0.39, 0.29) is 0 Å². The highest BCUT2D eigenvalue weighted by Gasteiger charge is 2.12. The smallest absolute Gasteiger partial charge is 0.0104 e. The molecule has 1 atom stereocenters. The molecule has 1 aromatic carbocycles. The maximum atomic E-state index is 3.61. The van der Waals surface area contributed by atoms with Crippen LogP contribution >= 0.6 is 0 Å². The SMILES string of the molecule is CCc1ccc(/C=C(/C)CC2CCCCN2)cc1. The van der Waals surface area contributed by atoms with Crippen LogP contribution in [0.3, 0.4) is 0 Å². The highest BCUT2D eigenvalue weighted by molar-refractivity contribution is 5.52. The van der Waals surface area contributed by atoms with Crippen LogP contribution in [-0.4, -0.2) is 12.6 Å². The summed E-state index contributed by atoms with van der Waals surface area (Å²) in [6.45, 7) is 5.65. The van der Waals surface area contributed by atoms with E-state index in [9.17, 15) is 0 Å². The number of rotatable bonds is 4. The molecular formula is C17H25N. The Kier molecular flexibility index (Phi) is 5.00. The van der Waals surface area contributed by atoms with Gasteiger partial charge in [-0.05, 0) is 50.3 Å². The first-order chi connectivity index (χ1) is 8.78. The molecule has 0 aromatic heterocycles. The second kappa shape index (κ2) is 6.75. The van der Waals surface area contributed by atoms with E-state index >= 15 is 0 Å².